The molecule has 2 aromatic rings. The predicted octanol–water partition coefficient (Wildman–Crippen LogP) is 3.98. The predicted molar refractivity (Wildman–Crippen MR) is 76.2 cm³/mol. The summed E-state index contributed by atoms with van der Waals surface area (Å²) < 4.78 is 1.17. The topological polar surface area (TPSA) is 26.0 Å². The Morgan fingerprint density at radius 2 is 2.00 bits per heavy atom. The number of halogens is 1. The zero-order valence-corrected chi connectivity index (χ0v) is 11.3. The van der Waals surface area contributed by atoms with Crippen LogP contribution >= 0.6 is 15.9 Å². The van der Waals surface area contributed by atoms with Crippen molar-refractivity contribution < 1.29 is 0 Å². The Balaban J connectivity index is 2.16. The average Bonchev–Trinajstić information content (AvgIpc) is 2.29. The molecule has 0 saturated heterocycles. The lowest BCUT2D eigenvalue weighted by molar-refractivity contribution is 0.253. The normalized spacial score (nSPS) is 18.0. The van der Waals surface area contributed by atoms with E-state index in [0.29, 0.717) is 0 Å². The van der Waals surface area contributed by atoms with Crippen LogP contribution in [0.15, 0.2) is 40.9 Å². The highest BCUT2D eigenvalue weighted by Crippen LogP contribution is 2.43. The summed E-state index contributed by atoms with van der Waals surface area (Å²) in [6, 6.07) is 13.1. The Labute approximate surface area is 110 Å². The third-order valence-corrected chi connectivity index (χ3v) is 4.83. The average molecular weight is 290 g/mol. The molecule has 1 saturated carbocycles. The van der Waals surface area contributed by atoms with Gasteiger partial charge in [-0.15, -0.1) is 0 Å². The fourth-order valence-electron chi connectivity index (χ4n) is 2.78. The minimum atomic E-state index is 0.253. The molecule has 88 valence electrons. The third kappa shape index (κ3) is 1.71. The molecule has 0 atom stereocenters. The summed E-state index contributed by atoms with van der Waals surface area (Å²) in [5.41, 5.74) is 7.63. The van der Waals surface area contributed by atoms with Gasteiger partial charge in [0.1, 0.15) is 0 Å². The molecule has 0 radical (unpaired) electrons. The van der Waals surface area contributed by atoms with Crippen LogP contribution in [-0.4, -0.2) is 6.54 Å². The number of hydrogen-bond acceptors (Lipinski definition) is 1. The summed E-state index contributed by atoms with van der Waals surface area (Å²) in [7, 11) is 0. The van der Waals surface area contributed by atoms with Crippen LogP contribution < -0.4 is 5.73 Å². The first kappa shape index (κ1) is 11.2. The van der Waals surface area contributed by atoms with Gasteiger partial charge in [0.2, 0.25) is 0 Å². The van der Waals surface area contributed by atoms with E-state index in [1.54, 1.807) is 0 Å². The Bertz CT molecular complexity index is 552. The largest absolute Gasteiger partial charge is 0.330 e. The van der Waals surface area contributed by atoms with Crippen LogP contribution in [-0.2, 0) is 5.41 Å². The van der Waals surface area contributed by atoms with Crippen molar-refractivity contribution >= 4 is 26.7 Å². The summed E-state index contributed by atoms with van der Waals surface area (Å²) >= 11 is 3.63. The van der Waals surface area contributed by atoms with Gasteiger partial charge in [0.15, 0.2) is 0 Å². The molecule has 0 bridgehead atoms. The first-order valence-electron chi connectivity index (χ1n) is 6.14. The zero-order valence-electron chi connectivity index (χ0n) is 9.75. The van der Waals surface area contributed by atoms with Crippen LogP contribution in [0, 0.1) is 0 Å². The van der Waals surface area contributed by atoms with Crippen LogP contribution in [0.4, 0.5) is 0 Å². The lowest BCUT2D eigenvalue weighted by Crippen LogP contribution is -2.41. The van der Waals surface area contributed by atoms with Crippen LogP contribution in [0.2, 0.25) is 0 Å². The van der Waals surface area contributed by atoms with Crippen LogP contribution in [0.25, 0.3) is 10.8 Å². The molecule has 0 amide bonds. The fraction of sp³-hybridized carbons (Fsp3) is 0.333. The SMILES string of the molecule is NCC1(c2ccc3cccc(Br)c3c2)CCC1. The van der Waals surface area contributed by atoms with E-state index in [-0.39, 0.29) is 5.41 Å². The monoisotopic (exact) mass is 289 g/mol. The maximum atomic E-state index is 5.97. The van der Waals surface area contributed by atoms with Crippen molar-refractivity contribution in [2.24, 2.45) is 5.73 Å². The Morgan fingerprint density at radius 1 is 1.18 bits per heavy atom. The smallest absolute Gasteiger partial charge is 0.0253 e. The van der Waals surface area contributed by atoms with E-state index in [0.717, 1.165) is 6.54 Å². The van der Waals surface area contributed by atoms with Gasteiger partial charge in [0, 0.05) is 16.4 Å². The quantitative estimate of drug-likeness (QED) is 0.889. The standard InChI is InChI=1S/C15H16BrN/c16-14-4-1-3-11-5-6-12(9-13(11)14)15(10-17)7-2-8-15/h1,3-6,9H,2,7-8,10,17H2. The third-order valence-electron chi connectivity index (χ3n) is 4.14. The molecule has 2 N–H and O–H groups in total. The van der Waals surface area contributed by atoms with Crippen LogP contribution in [0.1, 0.15) is 24.8 Å². The maximum absolute atomic E-state index is 5.97. The molecule has 1 nitrogen and oxygen atoms in total. The molecule has 3 rings (SSSR count). The highest BCUT2D eigenvalue weighted by Gasteiger charge is 2.37. The second kappa shape index (κ2) is 4.11. The van der Waals surface area contributed by atoms with Crippen LogP contribution in [0.3, 0.4) is 0 Å². The number of nitrogens with two attached hydrogens (primary N) is 1. The van der Waals surface area contributed by atoms with Gasteiger partial charge in [-0.25, -0.2) is 0 Å². The van der Waals surface area contributed by atoms with Gasteiger partial charge in [0.05, 0.1) is 0 Å². The lowest BCUT2D eigenvalue weighted by atomic mass is 9.64. The van der Waals surface area contributed by atoms with Gasteiger partial charge in [-0.05, 0) is 41.3 Å². The molecular weight excluding hydrogens is 274 g/mol. The Hall–Kier alpha value is -0.860. The van der Waals surface area contributed by atoms with Crippen molar-refractivity contribution in [1.29, 1.82) is 0 Å². The summed E-state index contributed by atoms with van der Waals surface area (Å²) in [4.78, 5) is 0. The highest BCUT2D eigenvalue weighted by molar-refractivity contribution is 9.10. The number of rotatable bonds is 2. The van der Waals surface area contributed by atoms with E-state index >= 15 is 0 Å². The van der Waals surface area contributed by atoms with Gasteiger partial charge in [0.25, 0.3) is 0 Å². The van der Waals surface area contributed by atoms with Crippen molar-refractivity contribution in [2.45, 2.75) is 24.7 Å². The minimum absolute atomic E-state index is 0.253. The summed E-state index contributed by atoms with van der Waals surface area (Å²) in [6.07, 6.45) is 3.78. The molecule has 0 aliphatic heterocycles. The van der Waals surface area contributed by atoms with Crippen molar-refractivity contribution in [3.05, 3.63) is 46.4 Å². The molecule has 2 heteroatoms. The molecule has 17 heavy (non-hydrogen) atoms. The Morgan fingerprint density at radius 3 is 2.65 bits per heavy atom. The molecule has 1 aliphatic rings. The van der Waals surface area contributed by atoms with Crippen molar-refractivity contribution in [3.8, 4) is 0 Å². The van der Waals surface area contributed by atoms with Crippen LogP contribution in [0.5, 0.6) is 0 Å². The number of hydrogen-bond donors (Lipinski definition) is 1. The summed E-state index contributed by atoms with van der Waals surface area (Å²) in [5.74, 6) is 0. The summed E-state index contributed by atoms with van der Waals surface area (Å²) in [5, 5.41) is 2.58. The number of fused-ring (bicyclic) bond motifs is 1. The molecule has 0 unspecified atom stereocenters. The van der Waals surface area contributed by atoms with Crippen molar-refractivity contribution in [1.82, 2.24) is 0 Å². The summed E-state index contributed by atoms with van der Waals surface area (Å²) in [6.45, 7) is 0.767. The molecule has 0 spiro atoms. The molecular formula is C15H16BrN. The Kier molecular flexibility index (Phi) is 2.72. The van der Waals surface area contributed by atoms with E-state index in [1.165, 1.54) is 40.1 Å². The molecule has 0 heterocycles. The van der Waals surface area contributed by atoms with Crippen molar-refractivity contribution in [3.63, 3.8) is 0 Å². The van der Waals surface area contributed by atoms with E-state index in [2.05, 4.69) is 52.3 Å². The van der Waals surface area contributed by atoms with E-state index in [1.807, 2.05) is 0 Å². The van der Waals surface area contributed by atoms with Gasteiger partial charge in [-0.2, -0.15) is 0 Å². The maximum Gasteiger partial charge on any atom is 0.0253 e. The van der Waals surface area contributed by atoms with Gasteiger partial charge in [-0.1, -0.05) is 46.6 Å². The first-order valence-corrected chi connectivity index (χ1v) is 6.93. The molecule has 1 aliphatic carbocycles. The second-order valence-electron chi connectivity index (χ2n) is 5.01. The van der Waals surface area contributed by atoms with Gasteiger partial charge in [-0.3, -0.25) is 0 Å². The van der Waals surface area contributed by atoms with Crippen molar-refractivity contribution in [2.75, 3.05) is 6.54 Å². The minimum Gasteiger partial charge on any atom is -0.330 e. The van der Waals surface area contributed by atoms with E-state index < -0.39 is 0 Å². The highest BCUT2D eigenvalue weighted by atomic mass is 79.9. The first-order chi connectivity index (χ1) is 8.25. The second-order valence-corrected chi connectivity index (χ2v) is 5.87. The molecule has 1 fully saturated rings. The van der Waals surface area contributed by atoms with E-state index in [4.69, 9.17) is 5.73 Å². The molecule has 0 aromatic heterocycles. The number of benzene rings is 2. The van der Waals surface area contributed by atoms with Gasteiger partial charge < -0.3 is 5.73 Å². The lowest BCUT2D eigenvalue weighted by Gasteiger charge is -2.41. The van der Waals surface area contributed by atoms with E-state index in [9.17, 15) is 0 Å². The fourth-order valence-corrected chi connectivity index (χ4v) is 3.27. The van der Waals surface area contributed by atoms with Gasteiger partial charge >= 0.3 is 0 Å². The zero-order chi connectivity index (χ0) is 11.9. The molecule has 2 aromatic carbocycles.